The largest absolute Gasteiger partial charge is 0.388 e. The molecule has 0 bridgehead atoms. The van der Waals surface area contributed by atoms with Crippen molar-refractivity contribution in [2.75, 3.05) is 20.8 Å². The molecule has 2 radical (unpaired) electrons. The minimum atomic E-state index is -0.812. The molecule has 0 amide bonds. The van der Waals surface area contributed by atoms with Gasteiger partial charge in [0.1, 0.15) is 25.7 Å². The van der Waals surface area contributed by atoms with E-state index in [0.717, 1.165) is 0 Å². The van der Waals surface area contributed by atoms with Crippen LogP contribution in [0.15, 0.2) is 0 Å². The van der Waals surface area contributed by atoms with Crippen molar-refractivity contribution in [3.8, 4) is 0 Å². The quantitative estimate of drug-likeness (QED) is 0.665. The lowest BCUT2D eigenvalue weighted by molar-refractivity contribution is -0.144. The van der Waals surface area contributed by atoms with Gasteiger partial charge in [-0.1, -0.05) is 13.8 Å². The second kappa shape index (κ2) is 4.83. The summed E-state index contributed by atoms with van der Waals surface area (Å²) in [6.07, 6.45) is -1.26. The minimum absolute atomic E-state index is 0.144. The van der Waals surface area contributed by atoms with Gasteiger partial charge >= 0.3 is 0 Å². The van der Waals surface area contributed by atoms with Gasteiger partial charge in [-0.3, -0.25) is 0 Å². The van der Waals surface area contributed by atoms with Gasteiger partial charge in [0.05, 0.1) is 6.61 Å². The molecule has 4 atom stereocenters. The van der Waals surface area contributed by atoms with Crippen LogP contribution in [0.25, 0.3) is 0 Å². The van der Waals surface area contributed by atoms with E-state index in [2.05, 4.69) is 0 Å². The molecule has 0 unspecified atom stereocenters. The van der Waals surface area contributed by atoms with Crippen molar-refractivity contribution in [1.82, 2.24) is 0 Å². The fraction of sp³-hybridized carbons (Fsp3) is 1.00. The molecule has 1 heterocycles. The van der Waals surface area contributed by atoms with Crippen molar-refractivity contribution < 1.29 is 19.3 Å². The summed E-state index contributed by atoms with van der Waals surface area (Å²) in [6, 6.07) is -0.715. The summed E-state index contributed by atoms with van der Waals surface area (Å²) in [5.74, 6) is 0.144. The molecule has 1 aliphatic heterocycles. The molecule has 0 aliphatic carbocycles. The van der Waals surface area contributed by atoms with Gasteiger partial charge in [0.25, 0.3) is 0 Å². The monoisotopic (exact) mass is 214 g/mol. The van der Waals surface area contributed by atoms with E-state index in [4.69, 9.17) is 22.1 Å². The molecule has 0 spiro atoms. The molecule has 0 aromatic carbocycles. The highest BCUT2D eigenvalue weighted by molar-refractivity contribution is 6.11. The number of hydrogen-bond acceptors (Lipinski definition) is 4. The van der Waals surface area contributed by atoms with E-state index in [0.29, 0.717) is 6.61 Å². The standard InChI is InChI=1S/C10H19BO4/c1-6(2)10(5-13-3)8(14-4)7(12)9(11)15-10/h6-9,12H,5H2,1-4H3/t7-,8+,9-,10+/m1/s1. The summed E-state index contributed by atoms with van der Waals surface area (Å²) in [5.41, 5.74) is -0.664. The van der Waals surface area contributed by atoms with Crippen LogP contribution in [0, 0.1) is 5.92 Å². The maximum absolute atomic E-state index is 9.84. The molecule has 1 N–H and O–H groups in total. The number of rotatable bonds is 4. The zero-order valence-electron chi connectivity index (χ0n) is 9.77. The molecule has 4 nitrogen and oxygen atoms in total. The fourth-order valence-electron chi connectivity index (χ4n) is 2.16. The zero-order chi connectivity index (χ0) is 11.6. The van der Waals surface area contributed by atoms with E-state index in [-0.39, 0.29) is 5.92 Å². The summed E-state index contributed by atoms with van der Waals surface area (Å²) >= 11 is 0. The normalized spacial score (nSPS) is 41.3. The Morgan fingerprint density at radius 3 is 2.47 bits per heavy atom. The third-order valence-electron chi connectivity index (χ3n) is 3.09. The first-order chi connectivity index (χ1) is 6.99. The van der Waals surface area contributed by atoms with E-state index < -0.39 is 23.8 Å². The van der Waals surface area contributed by atoms with Gasteiger partial charge in [-0.25, -0.2) is 0 Å². The molecular weight excluding hydrogens is 195 g/mol. The molecule has 1 saturated heterocycles. The molecule has 0 aromatic rings. The van der Waals surface area contributed by atoms with E-state index >= 15 is 0 Å². The second-order valence-corrected chi connectivity index (χ2v) is 4.27. The van der Waals surface area contributed by atoms with E-state index in [1.165, 1.54) is 0 Å². The molecule has 1 fully saturated rings. The van der Waals surface area contributed by atoms with E-state index in [1.807, 2.05) is 13.8 Å². The van der Waals surface area contributed by atoms with Crippen LogP contribution < -0.4 is 0 Å². The maximum atomic E-state index is 9.84. The van der Waals surface area contributed by atoms with Gasteiger partial charge in [-0.05, 0) is 5.92 Å². The van der Waals surface area contributed by atoms with Crippen LogP contribution in [0.3, 0.4) is 0 Å². The number of ether oxygens (including phenoxy) is 3. The van der Waals surface area contributed by atoms with Crippen LogP contribution in [0.4, 0.5) is 0 Å². The van der Waals surface area contributed by atoms with Crippen LogP contribution in [0.1, 0.15) is 13.8 Å². The van der Waals surface area contributed by atoms with Crippen LogP contribution in [0.5, 0.6) is 0 Å². The third-order valence-corrected chi connectivity index (χ3v) is 3.09. The first-order valence-electron chi connectivity index (χ1n) is 5.12. The van der Waals surface area contributed by atoms with Crippen molar-refractivity contribution in [3.63, 3.8) is 0 Å². The average Bonchev–Trinajstić information content (AvgIpc) is 2.41. The molecule has 86 valence electrons. The summed E-state index contributed by atoms with van der Waals surface area (Å²) in [4.78, 5) is 0. The Morgan fingerprint density at radius 1 is 1.47 bits per heavy atom. The van der Waals surface area contributed by atoms with Crippen LogP contribution in [-0.4, -0.2) is 57.6 Å². The smallest absolute Gasteiger partial charge is 0.122 e. The zero-order valence-corrected chi connectivity index (χ0v) is 9.77. The van der Waals surface area contributed by atoms with Crippen molar-refractivity contribution >= 4 is 7.85 Å². The first kappa shape index (κ1) is 13.0. The maximum Gasteiger partial charge on any atom is 0.122 e. The Balaban J connectivity index is 2.95. The molecule has 0 saturated carbocycles. The lowest BCUT2D eigenvalue weighted by Gasteiger charge is -2.37. The summed E-state index contributed by atoms with van der Waals surface area (Å²) in [5, 5.41) is 9.84. The SMILES string of the molecule is [B][C@@H]1O[C@@](COC)(C(C)C)[C@@H](OC)[C@H]1O. The Morgan fingerprint density at radius 2 is 2.07 bits per heavy atom. The highest BCUT2D eigenvalue weighted by atomic mass is 16.6. The van der Waals surface area contributed by atoms with Gasteiger partial charge in [-0.2, -0.15) is 0 Å². The number of methoxy groups -OCH3 is 2. The predicted octanol–water partition coefficient (Wildman–Crippen LogP) is -0.0717. The Labute approximate surface area is 92.3 Å². The van der Waals surface area contributed by atoms with Crippen molar-refractivity contribution in [2.45, 2.75) is 37.7 Å². The molecule has 0 aromatic heterocycles. The predicted molar refractivity (Wildman–Crippen MR) is 56.9 cm³/mol. The van der Waals surface area contributed by atoms with Gasteiger partial charge < -0.3 is 19.3 Å². The lowest BCUT2D eigenvalue weighted by Crippen LogP contribution is -2.51. The second-order valence-electron chi connectivity index (χ2n) is 4.27. The molecular formula is C10H19BO4. The van der Waals surface area contributed by atoms with Crippen molar-refractivity contribution in [2.24, 2.45) is 5.92 Å². The van der Waals surface area contributed by atoms with Crippen molar-refractivity contribution in [1.29, 1.82) is 0 Å². The van der Waals surface area contributed by atoms with E-state index in [1.54, 1.807) is 14.2 Å². The van der Waals surface area contributed by atoms with Crippen LogP contribution >= 0.6 is 0 Å². The van der Waals surface area contributed by atoms with Gasteiger partial charge in [0.2, 0.25) is 0 Å². The lowest BCUT2D eigenvalue weighted by atomic mass is 9.83. The van der Waals surface area contributed by atoms with Gasteiger partial charge in [0, 0.05) is 20.2 Å². The Bertz CT molecular complexity index is 212. The number of hydrogen-bond donors (Lipinski definition) is 1. The van der Waals surface area contributed by atoms with E-state index in [9.17, 15) is 5.11 Å². The molecule has 5 heteroatoms. The first-order valence-corrected chi connectivity index (χ1v) is 5.12. The molecule has 15 heavy (non-hydrogen) atoms. The van der Waals surface area contributed by atoms with Crippen molar-refractivity contribution in [3.05, 3.63) is 0 Å². The third kappa shape index (κ3) is 2.06. The van der Waals surface area contributed by atoms with Gasteiger partial charge in [-0.15, -0.1) is 0 Å². The molecule has 1 rings (SSSR count). The minimum Gasteiger partial charge on any atom is -0.388 e. The fourth-order valence-corrected chi connectivity index (χ4v) is 2.16. The summed E-state index contributed by atoms with van der Waals surface area (Å²) in [7, 11) is 8.82. The highest BCUT2D eigenvalue weighted by Gasteiger charge is 2.55. The van der Waals surface area contributed by atoms with Crippen LogP contribution in [-0.2, 0) is 14.2 Å². The Kier molecular flexibility index (Phi) is 4.17. The van der Waals surface area contributed by atoms with Crippen LogP contribution in [0.2, 0.25) is 0 Å². The summed E-state index contributed by atoms with van der Waals surface area (Å²) < 4.78 is 16.1. The average molecular weight is 214 g/mol. The molecule has 1 aliphatic rings. The van der Waals surface area contributed by atoms with Gasteiger partial charge in [0.15, 0.2) is 0 Å². The number of aliphatic hydroxyl groups is 1. The number of aliphatic hydroxyl groups excluding tert-OH is 1. The summed E-state index contributed by atoms with van der Waals surface area (Å²) in [6.45, 7) is 4.35. The topological polar surface area (TPSA) is 47.9 Å². The highest BCUT2D eigenvalue weighted by Crippen LogP contribution is 2.38. The Hall–Kier alpha value is -0.0951.